The van der Waals surface area contributed by atoms with Crippen molar-refractivity contribution in [2.24, 2.45) is 10.8 Å². The summed E-state index contributed by atoms with van der Waals surface area (Å²) in [4.78, 5) is 13.7. The summed E-state index contributed by atoms with van der Waals surface area (Å²) in [7, 11) is -3.26. The molecule has 4 aromatic rings. The Morgan fingerprint density at radius 3 is 1.89 bits per heavy atom. The molecule has 0 aliphatic rings. The maximum Gasteiger partial charge on any atom is 0.264 e. The van der Waals surface area contributed by atoms with Gasteiger partial charge in [0.1, 0.15) is 11.5 Å². The molecule has 0 atom stereocenters. The van der Waals surface area contributed by atoms with Crippen LogP contribution in [-0.4, -0.2) is 49.5 Å². The van der Waals surface area contributed by atoms with Gasteiger partial charge in [-0.25, -0.2) is 4.09 Å². The molecule has 0 radical (unpaired) electrons. The van der Waals surface area contributed by atoms with Crippen molar-refractivity contribution in [3.63, 3.8) is 0 Å². The number of rotatable bonds is 10. The van der Waals surface area contributed by atoms with Crippen molar-refractivity contribution in [2.45, 2.75) is 53.4 Å². The van der Waals surface area contributed by atoms with Crippen molar-refractivity contribution >= 4 is 51.1 Å². The molecule has 12 heteroatoms. The average molecular weight is 724 g/mol. The van der Waals surface area contributed by atoms with Gasteiger partial charge >= 0.3 is 0 Å². The van der Waals surface area contributed by atoms with E-state index in [-0.39, 0.29) is 17.8 Å². The van der Waals surface area contributed by atoms with Crippen LogP contribution in [0.15, 0.2) is 90.1 Å². The zero-order valence-corrected chi connectivity index (χ0v) is 31.3. The van der Waals surface area contributed by atoms with E-state index in [0.717, 1.165) is 24.4 Å². The predicted molar refractivity (Wildman–Crippen MR) is 193 cm³/mol. The molecule has 1 aromatic heterocycles. The van der Waals surface area contributed by atoms with Crippen LogP contribution in [0.4, 0.5) is 0 Å². The van der Waals surface area contributed by atoms with Crippen LogP contribution in [-0.2, 0) is 19.0 Å². The van der Waals surface area contributed by atoms with Gasteiger partial charge in [0.15, 0.2) is 5.78 Å². The molecule has 47 heavy (non-hydrogen) atoms. The van der Waals surface area contributed by atoms with E-state index in [1.807, 2.05) is 64.2 Å². The molecule has 0 saturated heterocycles. The second-order valence-corrected chi connectivity index (χ2v) is 16.3. The minimum absolute atomic E-state index is 0.0942. The van der Waals surface area contributed by atoms with Crippen LogP contribution >= 0.6 is 35.1 Å². The number of carbonyl (C=O) groups excluding carboxylic acids is 1. The van der Waals surface area contributed by atoms with E-state index < -0.39 is 10.1 Å². The Morgan fingerprint density at radius 1 is 0.872 bits per heavy atom. The number of halogens is 2. The molecule has 4 rings (SSSR count). The normalized spacial score (nSPS) is 11.5. The van der Waals surface area contributed by atoms with Crippen LogP contribution in [0.3, 0.4) is 0 Å². The van der Waals surface area contributed by atoms with E-state index >= 15 is 0 Å². The van der Waals surface area contributed by atoms with Gasteiger partial charge < -0.3 is 9.47 Å². The van der Waals surface area contributed by atoms with Gasteiger partial charge in [-0.1, -0.05) is 64.7 Å². The number of nitrogens with zero attached hydrogens (tertiary/aromatic N) is 2. The summed E-state index contributed by atoms with van der Waals surface area (Å²) in [5.74, 6) is 1.14. The smallest absolute Gasteiger partial charge is 0.264 e. The molecule has 0 saturated carbocycles. The van der Waals surface area contributed by atoms with Gasteiger partial charge in [0, 0.05) is 52.0 Å². The first kappa shape index (κ1) is 40.3. The molecule has 0 aliphatic heterocycles. The third kappa shape index (κ3) is 17.2. The minimum atomic E-state index is -3.26. The lowest BCUT2D eigenvalue weighted by Crippen LogP contribution is -2.17. The van der Waals surface area contributed by atoms with Crippen LogP contribution < -0.4 is 4.74 Å². The summed E-state index contributed by atoms with van der Waals surface area (Å²) in [6, 6.07) is 21.3. The van der Waals surface area contributed by atoms with Crippen LogP contribution in [0.2, 0.25) is 10.0 Å². The lowest BCUT2D eigenvalue weighted by atomic mass is 9.99. The molecule has 0 fully saturated rings. The van der Waals surface area contributed by atoms with Crippen molar-refractivity contribution in [2.75, 3.05) is 26.1 Å². The molecule has 1 heterocycles. The second kappa shape index (κ2) is 18.6. The molecule has 0 N–H and O–H groups in total. The fourth-order valence-electron chi connectivity index (χ4n) is 3.31. The van der Waals surface area contributed by atoms with E-state index in [4.69, 9.17) is 32.7 Å². The third-order valence-corrected chi connectivity index (χ3v) is 7.47. The number of carbonyl (C=O) groups is 1. The molecule has 0 bridgehead atoms. The quantitative estimate of drug-likeness (QED) is 0.118. The Balaban J connectivity index is 0.000000352. The highest BCUT2D eigenvalue weighted by Gasteiger charge is 2.15. The Morgan fingerprint density at radius 2 is 1.45 bits per heavy atom. The van der Waals surface area contributed by atoms with Gasteiger partial charge in [0.05, 0.1) is 24.5 Å². The largest absolute Gasteiger partial charge is 0.457 e. The highest BCUT2D eigenvalue weighted by molar-refractivity contribution is 7.97. The van der Waals surface area contributed by atoms with Gasteiger partial charge in [-0.15, -0.1) is 0 Å². The fourth-order valence-corrected chi connectivity index (χ4v) is 4.96. The first-order chi connectivity index (χ1) is 21.8. The molecule has 0 aliphatic carbocycles. The molecule has 256 valence electrons. The number of ketones is 1. The number of hydrogen-bond acceptors (Lipinski definition) is 8. The SMILES string of the molecule is CC(C)(C)COS(C)(=O)=O.CCOCC(C)(C)C.O=C(c1ccc(Oc2ccc(Sn3cccn3)cc2)cc1)c1cc(Cl)ccc1Cl. The van der Waals surface area contributed by atoms with Crippen molar-refractivity contribution < 1.29 is 26.9 Å². The number of benzene rings is 3. The molecule has 0 spiro atoms. The highest BCUT2D eigenvalue weighted by Crippen LogP contribution is 2.28. The highest BCUT2D eigenvalue weighted by atomic mass is 35.5. The Labute approximate surface area is 294 Å². The molecular weight excluding hydrogens is 679 g/mol. The van der Waals surface area contributed by atoms with Gasteiger partial charge in [-0.3, -0.25) is 8.98 Å². The average Bonchev–Trinajstić information content (AvgIpc) is 3.50. The van der Waals surface area contributed by atoms with Crippen LogP contribution in [0.25, 0.3) is 0 Å². The molecule has 3 aromatic carbocycles. The number of aromatic nitrogens is 2. The summed E-state index contributed by atoms with van der Waals surface area (Å²) < 4.78 is 38.3. The van der Waals surface area contributed by atoms with Crippen LogP contribution in [0.1, 0.15) is 64.4 Å². The zero-order chi connectivity index (χ0) is 35.3. The Hall–Kier alpha value is -2.86. The number of ether oxygens (including phenoxy) is 2. The Kier molecular flexibility index (Phi) is 16.0. The maximum atomic E-state index is 12.7. The first-order valence-corrected chi connectivity index (χ1v) is 18.2. The van der Waals surface area contributed by atoms with Crippen molar-refractivity contribution in [3.8, 4) is 11.5 Å². The lowest BCUT2D eigenvalue weighted by Gasteiger charge is -2.16. The van der Waals surface area contributed by atoms with Gasteiger partial charge in [-0.05, 0) is 90.6 Å². The summed E-state index contributed by atoms with van der Waals surface area (Å²) in [6.45, 7) is 16.2. The van der Waals surface area contributed by atoms with Crippen molar-refractivity contribution in [1.82, 2.24) is 9.19 Å². The van der Waals surface area contributed by atoms with Crippen LogP contribution in [0, 0.1) is 10.8 Å². The molecule has 0 amide bonds. The van der Waals surface area contributed by atoms with E-state index in [2.05, 4.69) is 30.1 Å². The summed E-state index contributed by atoms with van der Waals surface area (Å²) in [6.07, 6.45) is 4.67. The van der Waals surface area contributed by atoms with E-state index in [1.54, 1.807) is 52.7 Å². The van der Waals surface area contributed by atoms with Crippen molar-refractivity contribution in [3.05, 3.63) is 106 Å². The van der Waals surface area contributed by atoms with Gasteiger partial charge in [0.2, 0.25) is 0 Å². The fraction of sp³-hybridized carbons (Fsp3) is 0.371. The third-order valence-electron chi connectivity index (χ3n) is 5.47. The second-order valence-electron chi connectivity index (χ2n) is 12.8. The topological polar surface area (TPSA) is 96.7 Å². The lowest BCUT2D eigenvalue weighted by molar-refractivity contribution is 0.0805. The number of hydrogen-bond donors (Lipinski definition) is 0. The summed E-state index contributed by atoms with van der Waals surface area (Å²) in [5.41, 5.74) is 1.12. The first-order valence-electron chi connectivity index (χ1n) is 14.8. The molecule has 8 nitrogen and oxygen atoms in total. The Bertz CT molecular complexity index is 1630. The van der Waals surface area contributed by atoms with E-state index in [1.165, 1.54) is 11.9 Å². The summed E-state index contributed by atoms with van der Waals surface area (Å²) >= 11 is 13.6. The molecular formula is C35H44Cl2N2O6S2. The minimum Gasteiger partial charge on any atom is -0.457 e. The summed E-state index contributed by atoms with van der Waals surface area (Å²) in [5, 5.41) is 4.99. The van der Waals surface area contributed by atoms with Crippen LogP contribution in [0.5, 0.6) is 11.5 Å². The zero-order valence-electron chi connectivity index (χ0n) is 28.1. The molecule has 0 unspecified atom stereocenters. The van der Waals surface area contributed by atoms with E-state index in [9.17, 15) is 13.2 Å². The maximum absolute atomic E-state index is 12.7. The van der Waals surface area contributed by atoms with E-state index in [0.29, 0.717) is 38.1 Å². The predicted octanol–water partition coefficient (Wildman–Crippen LogP) is 9.85. The monoisotopic (exact) mass is 722 g/mol. The van der Waals surface area contributed by atoms with Crippen molar-refractivity contribution in [1.29, 1.82) is 0 Å². The van der Waals surface area contributed by atoms with Gasteiger partial charge in [0.25, 0.3) is 10.1 Å². The van der Waals surface area contributed by atoms with Gasteiger partial charge in [-0.2, -0.15) is 13.5 Å². The standard InChI is InChI=1S/C22H14Cl2N2O2S.C7H16O.C6H14O3S/c23-16-4-11-21(24)20(14-16)22(27)15-2-5-17(6-3-15)28-18-7-9-19(10-8-18)29-26-13-1-12-25-26;1-5-8-6-7(2,3)4;1-6(2,3)5-9-10(4,7)8/h1-14H;5-6H2,1-4H3;5H2,1-4H3.